The number of hydrogen-bond donors (Lipinski definition) is 1. The van der Waals surface area contributed by atoms with E-state index < -0.39 is 0 Å². The minimum Gasteiger partial charge on any atom is -0.314 e. The molecule has 0 bridgehead atoms. The summed E-state index contributed by atoms with van der Waals surface area (Å²) in [6.07, 6.45) is 10.3. The fourth-order valence-electron chi connectivity index (χ4n) is 2.56. The van der Waals surface area contributed by atoms with Crippen molar-refractivity contribution in [2.45, 2.75) is 57.9 Å². The molecule has 2 aliphatic carbocycles. The van der Waals surface area contributed by atoms with Gasteiger partial charge in [0.25, 0.3) is 0 Å². The van der Waals surface area contributed by atoms with Gasteiger partial charge in [-0.15, -0.1) is 0 Å². The van der Waals surface area contributed by atoms with E-state index in [1.807, 2.05) is 0 Å². The third-order valence-electron chi connectivity index (χ3n) is 3.81. The molecule has 0 aliphatic heterocycles. The first kappa shape index (κ1) is 9.51. The summed E-state index contributed by atoms with van der Waals surface area (Å²) in [6.45, 7) is 3.72. The molecule has 0 aromatic carbocycles. The molecule has 0 saturated heterocycles. The average molecular weight is 181 g/mol. The lowest BCUT2D eigenvalue weighted by atomic mass is 9.90. The van der Waals surface area contributed by atoms with Crippen molar-refractivity contribution >= 4 is 0 Å². The molecule has 2 aliphatic rings. The minimum absolute atomic E-state index is 0.899. The van der Waals surface area contributed by atoms with E-state index in [0.29, 0.717) is 0 Å². The average Bonchev–Trinajstić information content (AvgIpc) is 2.80. The van der Waals surface area contributed by atoms with Crippen LogP contribution in [0.25, 0.3) is 0 Å². The van der Waals surface area contributed by atoms with Gasteiger partial charge in [0.1, 0.15) is 0 Å². The van der Waals surface area contributed by atoms with Crippen molar-refractivity contribution in [1.29, 1.82) is 0 Å². The van der Waals surface area contributed by atoms with Gasteiger partial charge in [0.05, 0.1) is 0 Å². The molecule has 0 heterocycles. The Hall–Kier alpha value is -0.0400. The second kappa shape index (κ2) is 4.45. The van der Waals surface area contributed by atoms with Crippen LogP contribution in [-0.2, 0) is 0 Å². The molecule has 1 N–H and O–H groups in total. The van der Waals surface area contributed by atoms with Crippen LogP contribution < -0.4 is 5.32 Å². The molecule has 0 aromatic rings. The predicted octanol–water partition coefficient (Wildman–Crippen LogP) is 2.95. The first-order chi connectivity index (χ1) is 6.36. The van der Waals surface area contributed by atoms with Crippen molar-refractivity contribution in [2.75, 3.05) is 6.54 Å². The largest absolute Gasteiger partial charge is 0.314 e. The van der Waals surface area contributed by atoms with Crippen LogP contribution in [0.2, 0.25) is 0 Å². The van der Waals surface area contributed by atoms with Crippen LogP contribution in [-0.4, -0.2) is 12.6 Å². The van der Waals surface area contributed by atoms with Gasteiger partial charge in [0.15, 0.2) is 0 Å². The molecular formula is C12H23N. The second-order valence-electron chi connectivity index (χ2n) is 5.04. The summed E-state index contributed by atoms with van der Waals surface area (Å²) in [7, 11) is 0. The summed E-state index contributed by atoms with van der Waals surface area (Å²) >= 11 is 0. The van der Waals surface area contributed by atoms with E-state index in [1.54, 1.807) is 0 Å². The van der Waals surface area contributed by atoms with Crippen LogP contribution >= 0.6 is 0 Å². The highest BCUT2D eigenvalue weighted by Gasteiger charge is 2.23. The van der Waals surface area contributed by atoms with Crippen LogP contribution in [0.15, 0.2) is 0 Å². The Morgan fingerprint density at radius 3 is 2.46 bits per heavy atom. The fourth-order valence-corrected chi connectivity index (χ4v) is 2.56. The normalized spacial score (nSPS) is 26.5. The quantitative estimate of drug-likeness (QED) is 0.687. The smallest absolute Gasteiger partial charge is 0.00682 e. The molecule has 0 amide bonds. The van der Waals surface area contributed by atoms with E-state index in [2.05, 4.69) is 12.2 Å². The van der Waals surface area contributed by atoms with Crippen molar-refractivity contribution in [1.82, 2.24) is 5.32 Å². The number of nitrogens with one attached hydrogen (secondary N) is 1. The lowest BCUT2D eigenvalue weighted by Crippen LogP contribution is -2.21. The molecule has 2 saturated carbocycles. The zero-order chi connectivity index (χ0) is 9.10. The molecule has 2 fully saturated rings. The first-order valence-corrected chi connectivity index (χ1v) is 6.09. The molecular weight excluding hydrogens is 158 g/mol. The fraction of sp³-hybridized carbons (Fsp3) is 1.00. The van der Waals surface area contributed by atoms with Crippen LogP contribution in [0.5, 0.6) is 0 Å². The van der Waals surface area contributed by atoms with E-state index >= 15 is 0 Å². The summed E-state index contributed by atoms with van der Waals surface area (Å²) in [4.78, 5) is 0. The van der Waals surface area contributed by atoms with Gasteiger partial charge in [0, 0.05) is 6.04 Å². The van der Waals surface area contributed by atoms with Crippen molar-refractivity contribution in [3.8, 4) is 0 Å². The Morgan fingerprint density at radius 1 is 1.15 bits per heavy atom. The SMILES string of the molecule is CC(CCNC1CC1)C1CCCC1. The van der Waals surface area contributed by atoms with Gasteiger partial charge in [-0.2, -0.15) is 0 Å². The summed E-state index contributed by atoms with van der Waals surface area (Å²) in [5.74, 6) is 2.02. The van der Waals surface area contributed by atoms with Gasteiger partial charge in [-0.1, -0.05) is 32.6 Å². The Bertz CT molecular complexity index is 145. The van der Waals surface area contributed by atoms with E-state index in [0.717, 1.165) is 17.9 Å². The highest BCUT2D eigenvalue weighted by molar-refractivity contribution is 4.81. The predicted molar refractivity (Wildman–Crippen MR) is 56.8 cm³/mol. The van der Waals surface area contributed by atoms with Crippen molar-refractivity contribution < 1.29 is 0 Å². The standard InChI is InChI=1S/C12H23N/c1-10(11-4-2-3-5-11)8-9-13-12-6-7-12/h10-13H,2-9H2,1H3. The van der Waals surface area contributed by atoms with E-state index in [4.69, 9.17) is 0 Å². The third kappa shape index (κ3) is 2.98. The van der Waals surface area contributed by atoms with Gasteiger partial charge < -0.3 is 5.32 Å². The summed E-state index contributed by atoms with van der Waals surface area (Å²) < 4.78 is 0. The molecule has 1 nitrogen and oxygen atoms in total. The Kier molecular flexibility index (Phi) is 3.26. The zero-order valence-corrected chi connectivity index (χ0v) is 8.89. The molecule has 1 unspecified atom stereocenters. The lowest BCUT2D eigenvalue weighted by molar-refractivity contribution is 0.339. The third-order valence-corrected chi connectivity index (χ3v) is 3.81. The molecule has 13 heavy (non-hydrogen) atoms. The highest BCUT2D eigenvalue weighted by atomic mass is 14.9. The first-order valence-electron chi connectivity index (χ1n) is 6.09. The maximum atomic E-state index is 3.61. The minimum atomic E-state index is 0.899. The van der Waals surface area contributed by atoms with Crippen LogP contribution in [0.3, 0.4) is 0 Å². The molecule has 2 rings (SSSR count). The molecule has 1 atom stereocenters. The monoisotopic (exact) mass is 181 g/mol. The van der Waals surface area contributed by atoms with E-state index in [9.17, 15) is 0 Å². The summed E-state index contributed by atoms with van der Waals surface area (Å²) in [6, 6.07) is 0.899. The van der Waals surface area contributed by atoms with Crippen molar-refractivity contribution in [3.63, 3.8) is 0 Å². The maximum Gasteiger partial charge on any atom is 0.00682 e. The van der Waals surface area contributed by atoms with E-state index in [-0.39, 0.29) is 0 Å². The summed E-state index contributed by atoms with van der Waals surface area (Å²) in [5, 5.41) is 3.61. The second-order valence-corrected chi connectivity index (χ2v) is 5.04. The van der Waals surface area contributed by atoms with Gasteiger partial charge in [-0.25, -0.2) is 0 Å². The van der Waals surface area contributed by atoms with Crippen LogP contribution in [0, 0.1) is 11.8 Å². The number of hydrogen-bond acceptors (Lipinski definition) is 1. The van der Waals surface area contributed by atoms with E-state index in [1.165, 1.54) is 51.5 Å². The van der Waals surface area contributed by atoms with Crippen molar-refractivity contribution in [2.24, 2.45) is 11.8 Å². The summed E-state index contributed by atoms with van der Waals surface area (Å²) in [5.41, 5.74) is 0. The molecule has 0 aromatic heterocycles. The zero-order valence-electron chi connectivity index (χ0n) is 8.89. The van der Waals surface area contributed by atoms with Gasteiger partial charge >= 0.3 is 0 Å². The molecule has 0 radical (unpaired) electrons. The Balaban J connectivity index is 1.56. The molecule has 1 heteroatoms. The molecule has 76 valence electrons. The Labute approximate surface area is 82.3 Å². The van der Waals surface area contributed by atoms with Gasteiger partial charge in [-0.05, 0) is 37.6 Å². The lowest BCUT2D eigenvalue weighted by Gasteiger charge is -2.18. The van der Waals surface area contributed by atoms with Crippen molar-refractivity contribution in [3.05, 3.63) is 0 Å². The van der Waals surface area contributed by atoms with Crippen LogP contribution in [0.1, 0.15) is 51.9 Å². The molecule has 0 spiro atoms. The highest BCUT2D eigenvalue weighted by Crippen LogP contribution is 2.32. The topological polar surface area (TPSA) is 12.0 Å². The number of rotatable bonds is 5. The van der Waals surface area contributed by atoms with Gasteiger partial charge in [-0.3, -0.25) is 0 Å². The van der Waals surface area contributed by atoms with Crippen LogP contribution in [0.4, 0.5) is 0 Å². The Morgan fingerprint density at radius 2 is 1.85 bits per heavy atom. The maximum absolute atomic E-state index is 3.61. The van der Waals surface area contributed by atoms with Gasteiger partial charge in [0.2, 0.25) is 0 Å².